The average molecular weight is 476 g/mol. The SMILES string of the molecule is CC(C)CN(C(=O)CN(C)C(=O)CSc1ccccc1)c1c(N)n(CC(C)C)c(=O)[nH]c1=O. The van der Waals surface area contributed by atoms with Crippen LogP contribution in [0.1, 0.15) is 27.7 Å². The van der Waals surface area contributed by atoms with Gasteiger partial charge in [-0.1, -0.05) is 45.9 Å². The van der Waals surface area contributed by atoms with Gasteiger partial charge in [-0.05, 0) is 24.0 Å². The minimum atomic E-state index is -0.722. The monoisotopic (exact) mass is 475 g/mol. The number of benzene rings is 1. The number of nitrogens with one attached hydrogen (secondary N) is 1. The maximum Gasteiger partial charge on any atom is 0.330 e. The summed E-state index contributed by atoms with van der Waals surface area (Å²) in [4.78, 5) is 56.6. The lowest BCUT2D eigenvalue weighted by molar-refractivity contribution is -0.131. The van der Waals surface area contributed by atoms with Crippen LogP contribution in [0, 0.1) is 11.8 Å². The van der Waals surface area contributed by atoms with Crippen molar-refractivity contribution in [1.29, 1.82) is 0 Å². The second kappa shape index (κ2) is 11.7. The van der Waals surface area contributed by atoms with Gasteiger partial charge in [0.2, 0.25) is 11.8 Å². The average Bonchev–Trinajstić information content (AvgIpc) is 2.74. The highest BCUT2D eigenvalue weighted by Gasteiger charge is 2.27. The third-order valence-electron chi connectivity index (χ3n) is 4.78. The summed E-state index contributed by atoms with van der Waals surface area (Å²) in [5.74, 6) is -0.415. The number of anilines is 2. The van der Waals surface area contributed by atoms with E-state index in [-0.39, 0.29) is 48.1 Å². The van der Waals surface area contributed by atoms with Crippen molar-refractivity contribution < 1.29 is 9.59 Å². The molecule has 180 valence electrons. The molecule has 0 fully saturated rings. The van der Waals surface area contributed by atoms with E-state index in [1.165, 1.54) is 26.1 Å². The molecule has 2 amide bonds. The highest BCUT2D eigenvalue weighted by atomic mass is 32.2. The predicted molar refractivity (Wildman–Crippen MR) is 133 cm³/mol. The zero-order valence-electron chi connectivity index (χ0n) is 19.8. The van der Waals surface area contributed by atoms with Gasteiger partial charge in [-0.25, -0.2) is 4.79 Å². The van der Waals surface area contributed by atoms with Crippen LogP contribution in [0.3, 0.4) is 0 Å². The van der Waals surface area contributed by atoms with Crippen molar-refractivity contribution in [2.75, 3.05) is 36.5 Å². The molecule has 10 heteroatoms. The van der Waals surface area contributed by atoms with Crippen LogP contribution in [0.4, 0.5) is 11.5 Å². The van der Waals surface area contributed by atoms with Gasteiger partial charge in [-0.2, -0.15) is 0 Å². The third-order valence-corrected chi connectivity index (χ3v) is 5.78. The summed E-state index contributed by atoms with van der Waals surface area (Å²) < 4.78 is 1.27. The maximum atomic E-state index is 13.2. The van der Waals surface area contributed by atoms with Crippen molar-refractivity contribution in [2.24, 2.45) is 11.8 Å². The molecule has 0 aliphatic rings. The van der Waals surface area contributed by atoms with Crippen LogP contribution in [0.5, 0.6) is 0 Å². The zero-order chi connectivity index (χ0) is 24.7. The molecule has 33 heavy (non-hydrogen) atoms. The van der Waals surface area contributed by atoms with Crippen LogP contribution in [0.25, 0.3) is 0 Å². The number of carbonyl (C=O) groups excluding carboxylic acids is 2. The number of hydrogen-bond acceptors (Lipinski definition) is 6. The summed E-state index contributed by atoms with van der Waals surface area (Å²) >= 11 is 1.38. The van der Waals surface area contributed by atoms with Crippen LogP contribution in [-0.2, 0) is 16.1 Å². The van der Waals surface area contributed by atoms with Crippen molar-refractivity contribution in [3.8, 4) is 0 Å². The minimum Gasteiger partial charge on any atom is -0.383 e. The predicted octanol–water partition coefficient (Wildman–Crippen LogP) is 2.01. The number of rotatable bonds is 10. The largest absolute Gasteiger partial charge is 0.383 e. The Morgan fingerprint density at radius 1 is 1.06 bits per heavy atom. The number of H-pyrrole nitrogens is 1. The quantitative estimate of drug-likeness (QED) is 0.507. The Balaban J connectivity index is 2.26. The van der Waals surface area contributed by atoms with Gasteiger partial charge in [0, 0.05) is 25.0 Å². The molecule has 9 nitrogen and oxygen atoms in total. The first-order chi connectivity index (χ1) is 15.5. The first kappa shape index (κ1) is 26.2. The molecule has 0 saturated carbocycles. The van der Waals surface area contributed by atoms with Gasteiger partial charge in [0.25, 0.3) is 5.56 Å². The second-order valence-electron chi connectivity index (χ2n) is 8.75. The van der Waals surface area contributed by atoms with Crippen molar-refractivity contribution in [3.05, 3.63) is 51.2 Å². The van der Waals surface area contributed by atoms with E-state index in [2.05, 4.69) is 4.98 Å². The van der Waals surface area contributed by atoms with Crippen molar-refractivity contribution in [3.63, 3.8) is 0 Å². The van der Waals surface area contributed by atoms with Gasteiger partial charge in [0.15, 0.2) is 5.69 Å². The van der Waals surface area contributed by atoms with Gasteiger partial charge >= 0.3 is 5.69 Å². The fourth-order valence-corrected chi connectivity index (χ4v) is 4.08. The standard InChI is InChI=1S/C23H33N5O4S/c1-15(2)11-27(20-21(24)28(12-16(3)4)23(32)25-22(20)31)18(29)13-26(5)19(30)14-33-17-9-7-6-8-10-17/h6-10,15-16H,11-14,24H2,1-5H3,(H,25,31,32). The van der Waals surface area contributed by atoms with Gasteiger partial charge in [0.05, 0.1) is 12.3 Å². The minimum absolute atomic E-state index is 0.0212. The lowest BCUT2D eigenvalue weighted by Gasteiger charge is -2.28. The van der Waals surface area contributed by atoms with E-state index in [0.29, 0.717) is 6.54 Å². The first-order valence-corrected chi connectivity index (χ1v) is 11.8. The molecule has 0 spiro atoms. The number of carbonyl (C=O) groups is 2. The van der Waals surface area contributed by atoms with E-state index >= 15 is 0 Å². The van der Waals surface area contributed by atoms with E-state index < -0.39 is 17.2 Å². The summed E-state index contributed by atoms with van der Waals surface area (Å²) in [5.41, 5.74) is 4.82. The number of likely N-dealkylation sites (N-methyl/N-ethyl adjacent to an activating group) is 1. The number of nitrogens with zero attached hydrogens (tertiary/aromatic N) is 3. The van der Waals surface area contributed by atoms with Crippen LogP contribution in [-0.4, -0.2) is 52.2 Å². The van der Waals surface area contributed by atoms with Crippen LogP contribution in [0.2, 0.25) is 0 Å². The number of hydrogen-bond donors (Lipinski definition) is 2. The van der Waals surface area contributed by atoms with Gasteiger partial charge in [-0.3, -0.25) is 23.9 Å². The second-order valence-corrected chi connectivity index (χ2v) is 9.80. The molecule has 1 heterocycles. The number of aromatic amines is 1. The molecule has 0 aliphatic carbocycles. The fourth-order valence-electron chi connectivity index (χ4n) is 3.22. The molecule has 0 atom stereocenters. The Bertz CT molecular complexity index is 1080. The van der Waals surface area contributed by atoms with Crippen molar-refractivity contribution in [1.82, 2.24) is 14.5 Å². The molecular formula is C23H33N5O4S. The number of aromatic nitrogens is 2. The summed E-state index contributed by atoms with van der Waals surface area (Å²) in [6.45, 7) is 7.94. The summed E-state index contributed by atoms with van der Waals surface area (Å²) in [6.07, 6.45) is 0. The Hall–Kier alpha value is -3.01. The Kier molecular flexibility index (Phi) is 9.33. The van der Waals surface area contributed by atoms with E-state index in [1.54, 1.807) is 7.05 Å². The summed E-state index contributed by atoms with van der Waals surface area (Å²) in [7, 11) is 1.55. The number of nitrogens with two attached hydrogens (primary N) is 1. The number of amides is 2. The summed E-state index contributed by atoms with van der Waals surface area (Å²) in [5, 5.41) is 0. The Morgan fingerprint density at radius 3 is 2.27 bits per heavy atom. The maximum absolute atomic E-state index is 13.2. The fraction of sp³-hybridized carbons (Fsp3) is 0.478. The van der Waals surface area contributed by atoms with Gasteiger partial charge in [-0.15, -0.1) is 11.8 Å². The van der Waals surface area contributed by atoms with Crippen LogP contribution in [0.15, 0.2) is 44.8 Å². The molecule has 0 radical (unpaired) electrons. The third kappa shape index (κ3) is 7.24. The molecule has 1 aromatic carbocycles. The molecule has 2 rings (SSSR count). The number of nitrogen functional groups attached to an aromatic ring is 1. The van der Waals surface area contributed by atoms with E-state index in [4.69, 9.17) is 5.73 Å². The molecule has 2 aromatic rings. The molecule has 0 bridgehead atoms. The molecule has 3 N–H and O–H groups in total. The smallest absolute Gasteiger partial charge is 0.330 e. The molecule has 0 saturated heterocycles. The van der Waals surface area contributed by atoms with Crippen molar-refractivity contribution in [2.45, 2.75) is 39.1 Å². The zero-order valence-corrected chi connectivity index (χ0v) is 20.6. The van der Waals surface area contributed by atoms with E-state index in [1.807, 2.05) is 58.0 Å². The highest BCUT2D eigenvalue weighted by Crippen LogP contribution is 2.20. The first-order valence-electron chi connectivity index (χ1n) is 10.9. The topological polar surface area (TPSA) is 121 Å². The van der Waals surface area contributed by atoms with Gasteiger partial charge in [0.1, 0.15) is 5.82 Å². The van der Waals surface area contributed by atoms with Crippen LogP contribution >= 0.6 is 11.8 Å². The lowest BCUT2D eigenvalue weighted by atomic mass is 10.2. The lowest BCUT2D eigenvalue weighted by Crippen LogP contribution is -2.47. The Morgan fingerprint density at radius 2 is 1.70 bits per heavy atom. The highest BCUT2D eigenvalue weighted by molar-refractivity contribution is 8.00. The molecular weight excluding hydrogens is 442 g/mol. The normalized spacial score (nSPS) is 11.1. The molecule has 1 aromatic heterocycles. The molecule has 0 aliphatic heterocycles. The number of thioether (sulfide) groups is 1. The van der Waals surface area contributed by atoms with E-state index in [0.717, 1.165) is 4.90 Å². The molecule has 0 unspecified atom stereocenters. The van der Waals surface area contributed by atoms with Crippen molar-refractivity contribution >= 4 is 35.1 Å². The van der Waals surface area contributed by atoms with Gasteiger partial charge < -0.3 is 15.5 Å². The van der Waals surface area contributed by atoms with E-state index in [9.17, 15) is 19.2 Å². The summed E-state index contributed by atoms with van der Waals surface area (Å²) in [6, 6.07) is 9.51. The van der Waals surface area contributed by atoms with Crippen LogP contribution < -0.4 is 21.9 Å². The Labute approximate surface area is 198 Å².